The van der Waals surface area contributed by atoms with Crippen molar-refractivity contribution in [2.75, 3.05) is 0 Å². The molecule has 1 heterocycles. The molecule has 0 aliphatic heterocycles. The van der Waals surface area contributed by atoms with Gasteiger partial charge in [0.2, 0.25) is 0 Å². The van der Waals surface area contributed by atoms with Gasteiger partial charge in [0.25, 0.3) is 0 Å². The fourth-order valence-electron chi connectivity index (χ4n) is 1.38. The largest absolute Gasteiger partial charge is 0.238 e. The highest BCUT2D eigenvalue weighted by atomic mass is 79.9. The van der Waals surface area contributed by atoms with E-state index in [-0.39, 0.29) is 0 Å². The topological polar surface area (TPSA) is 17.8 Å². The predicted molar refractivity (Wildman–Crippen MR) is 70.6 cm³/mol. The van der Waals surface area contributed by atoms with Gasteiger partial charge in [0.1, 0.15) is 0 Å². The highest BCUT2D eigenvalue weighted by molar-refractivity contribution is 9.10. The van der Waals surface area contributed by atoms with Gasteiger partial charge in [0.05, 0.1) is 16.4 Å². The molecule has 5 heteroatoms. The Morgan fingerprint density at radius 2 is 2.19 bits per heavy atom. The van der Waals surface area contributed by atoms with Gasteiger partial charge in [-0.15, -0.1) is 11.6 Å². The van der Waals surface area contributed by atoms with Crippen molar-refractivity contribution >= 4 is 39.1 Å². The average Bonchev–Trinajstić information content (AvgIpc) is 2.58. The van der Waals surface area contributed by atoms with Gasteiger partial charge in [-0.05, 0) is 40.5 Å². The first-order chi connectivity index (χ1) is 7.61. The van der Waals surface area contributed by atoms with Gasteiger partial charge in [-0.2, -0.15) is 5.10 Å². The molecule has 2 nitrogen and oxygen atoms in total. The minimum absolute atomic E-state index is 0.498. The summed E-state index contributed by atoms with van der Waals surface area (Å²) in [7, 11) is 0. The summed E-state index contributed by atoms with van der Waals surface area (Å²) in [6, 6.07) is 5.91. The van der Waals surface area contributed by atoms with Crippen molar-refractivity contribution in [2.45, 2.75) is 12.8 Å². The summed E-state index contributed by atoms with van der Waals surface area (Å²) in [6.07, 6.45) is 1.79. The molecule has 0 saturated heterocycles. The summed E-state index contributed by atoms with van der Waals surface area (Å²) < 4.78 is 2.70. The minimum Gasteiger partial charge on any atom is -0.238 e. The Kier molecular flexibility index (Phi) is 3.57. The fraction of sp³-hybridized carbons (Fsp3) is 0.182. The molecule has 2 aromatic rings. The minimum atomic E-state index is 0.498. The second kappa shape index (κ2) is 4.78. The number of benzene rings is 1. The molecular weight excluding hydrogens is 311 g/mol. The zero-order chi connectivity index (χ0) is 11.7. The number of aromatic nitrogens is 2. The smallest absolute Gasteiger partial charge is 0.0819 e. The second-order valence-corrected chi connectivity index (χ2v) is 4.96. The maximum atomic E-state index is 5.97. The fourth-order valence-corrected chi connectivity index (χ4v) is 2.29. The first kappa shape index (κ1) is 12.0. The van der Waals surface area contributed by atoms with Gasteiger partial charge in [-0.3, -0.25) is 0 Å². The number of nitrogens with zero attached hydrogens (tertiary/aromatic N) is 2. The van der Waals surface area contributed by atoms with Crippen LogP contribution in [0.25, 0.3) is 5.69 Å². The number of alkyl halides is 1. The van der Waals surface area contributed by atoms with Crippen LogP contribution in [-0.2, 0) is 5.88 Å². The normalized spacial score (nSPS) is 10.8. The lowest BCUT2D eigenvalue weighted by Crippen LogP contribution is -1.96. The molecule has 1 aromatic heterocycles. The van der Waals surface area contributed by atoms with Crippen molar-refractivity contribution in [1.29, 1.82) is 0 Å². The first-order valence-electron chi connectivity index (χ1n) is 4.68. The molecule has 0 radical (unpaired) electrons. The molecule has 0 N–H and O–H groups in total. The Morgan fingerprint density at radius 1 is 1.44 bits per heavy atom. The molecule has 0 atom stereocenters. The van der Waals surface area contributed by atoms with E-state index in [1.165, 1.54) is 0 Å². The van der Waals surface area contributed by atoms with Gasteiger partial charge in [0, 0.05) is 16.5 Å². The quantitative estimate of drug-likeness (QED) is 0.753. The van der Waals surface area contributed by atoms with Crippen LogP contribution >= 0.6 is 39.1 Å². The van der Waals surface area contributed by atoms with Crippen LogP contribution < -0.4 is 0 Å². The number of halogens is 3. The maximum absolute atomic E-state index is 5.97. The van der Waals surface area contributed by atoms with Crippen molar-refractivity contribution in [3.8, 4) is 5.69 Å². The van der Waals surface area contributed by atoms with Crippen LogP contribution in [0.2, 0.25) is 5.02 Å². The number of rotatable bonds is 2. The molecule has 0 bridgehead atoms. The van der Waals surface area contributed by atoms with Crippen LogP contribution in [0.4, 0.5) is 0 Å². The van der Waals surface area contributed by atoms with Crippen LogP contribution in [0.1, 0.15) is 11.3 Å². The van der Waals surface area contributed by atoms with Gasteiger partial charge < -0.3 is 0 Å². The molecule has 16 heavy (non-hydrogen) atoms. The number of hydrogen-bond donors (Lipinski definition) is 0. The molecule has 0 saturated carbocycles. The molecule has 0 unspecified atom stereocenters. The second-order valence-electron chi connectivity index (χ2n) is 3.43. The van der Waals surface area contributed by atoms with Crippen LogP contribution in [0.5, 0.6) is 0 Å². The standard InChI is InChI=1S/C11H9BrCl2N2/c1-7-10(14)6-16(15-7)11-3-2-8(5-13)4-9(11)12/h2-4,6H,5H2,1H3. The number of aryl methyl sites for hydroxylation is 1. The van der Waals surface area contributed by atoms with Crippen molar-refractivity contribution in [3.63, 3.8) is 0 Å². The lowest BCUT2D eigenvalue weighted by Gasteiger charge is -2.05. The third-order valence-corrected chi connectivity index (χ3v) is 3.57. The van der Waals surface area contributed by atoms with Crippen LogP contribution in [-0.4, -0.2) is 9.78 Å². The molecule has 84 valence electrons. The molecule has 2 rings (SSSR count). The average molecular weight is 320 g/mol. The van der Waals surface area contributed by atoms with E-state index in [1.807, 2.05) is 25.1 Å². The lowest BCUT2D eigenvalue weighted by molar-refractivity contribution is 0.858. The van der Waals surface area contributed by atoms with Crippen LogP contribution in [0.15, 0.2) is 28.9 Å². The van der Waals surface area contributed by atoms with E-state index in [1.54, 1.807) is 10.9 Å². The Labute approximate surface area is 112 Å². The monoisotopic (exact) mass is 318 g/mol. The zero-order valence-electron chi connectivity index (χ0n) is 8.54. The summed E-state index contributed by atoms with van der Waals surface area (Å²) in [4.78, 5) is 0. The maximum Gasteiger partial charge on any atom is 0.0819 e. The zero-order valence-corrected chi connectivity index (χ0v) is 11.6. The lowest BCUT2D eigenvalue weighted by atomic mass is 10.2. The highest BCUT2D eigenvalue weighted by Crippen LogP contribution is 2.25. The summed E-state index contributed by atoms with van der Waals surface area (Å²) in [5.41, 5.74) is 2.83. The summed E-state index contributed by atoms with van der Waals surface area (Å²) in [5.74, 6) is 0.498. The third-order valence-electron chi connectivity index (χ3n) is 2.25. The molecule has 0 amide bonds. The Hall–Kier alpha value is -0.510. The first-order valence-corrected chi connectivity index (χ1v) is 6.39. The predicted octanol–water partition coefficient (Wildman–Crippen LogP) is 4.34. The summed E-state index contributed by atoms with van der Waals surface area (Å²) in [6.45, 7) is 1.87. The van der Waals surface area contributed by atoms with Gasteiger partial charge in [-0.25, -0.2) is 4.68 Å². The summed E-state index contributed by atoms with van der Waals surface area (Å²) in [5, 5.41) is 4.98. The van der Waals surface area contributed by atoms with Crippen molar-refractivity contribution < 1.29 is 0 Å². The van der Waals surface area contributed by atoms with E-state index in [9.17, 15) is 0 Å². The van der Waals surface area contributed by atoms with Crippen LogP contribution in [0, 0.1) is 6.92 Å². The Balaban J connectivity index is 2.48. The molecule has 0 aliphatic rings. The SMILES string of the molecule is Cc1nn(-c2ccc(CCl)cc2Br)cc1Cl. The van der Waals surface area contributed by atoms with E-state index in [4.69, 9.17) is 23.2 Å². The van der Waals surface area contributed by atoms with Gasteiger partial charge >= 0.3 is 0 Å². The molecule has 1 aromatic carbocycles. The third kappa shape index (κ3) is 2.26. The van der Waals surface area contributed by atoms with E-state index >= 15 is 0 Å². The number of hydrogen-bond acceptors (Lipinski definition) is 1. The van der Waals surface area contributed by atoms with E-state index in [2.05, 4.69) is 21.0 Å². The Bertz CT molecular complexity index is 503. The summed E-state index contributed by atoms with van der Waals surface area (Å²) >= 11 is 15.2. The highest BCUT2D eigenvalue weighted by Gasteiger charge is 2.07. The Morgan fingerprint density at radius 3 is 2.69 bits per heavy atom. The van der Waals surface area contributed by atoms with Crippen LogP contribution in [0.3, 0.4) is 0 Å². The van der Waals surface area contributed by atoms with Gasteiger partial charge in [0.15, 0.2) is 0 Å². The molecule has 0 aliphatic carbocycles. The molecule has 0 fully saturated rings. The molecule has 0 spiro atoms. The van der Waals surface area contributed by atoms with Crippen molar-refractivity contribution in [1.82, 2.24) is 9.78 Å². The van der Waals surface area contributed by atoms with Crippen molar-refractivity contribution in [3.05, 3.63) is 45.1 Å². The van der Waals surface area contributed by atoms with E-state index in [0.717, 1.165) is 21.4 Å². The van der Waals surface area contributed by atoms with E-state index in [0.29, 0.717) is 10.9 Å². The van der Waals surface area contributed by atoms with E-state index < -0.39 is 0 Å². The molecular formula is C11H9BrCl2N2. The van der Waals surface area contributed by atoms with Gasteiger partial charge in [-0.1, -0.05) is 17.7 Å². The van der Waals surface area contributed by atoms with Crippen molar-refractivity contribution in [2.24, 2.45) is 0 Å².